The molecule has 1 aromatic rings. The molecule has 0 fully saturated rings. The van der Waals surface area contributed by atoms with Crippen molar-refractivity contribution in [2.24, 2.45) is 5.73 Å². The van der Waals surface area contributed by atoms with E-state index in [-0.39, 0.29) is 17.8 Å². The molecule has 0 amide bonds. The Morgan fingerprint density at radius 3 is 2.42 bits per heavy atom. The van der Waals surface area contributed by atoms with Crippen molar-refractivity contribution in [3.8, 4) is 0 Å². The number of hydrogen-bond donors (Lipinski definition) is 1. The number of hydrogen-bond acceptors (Lipinski definition) is 6. The third kappa shape index (κ3) is 4.91. The fourth-order valence-electron chi connectivity index (χ4n) is 1.67. The van der Waals surface area contributed by atoms with Gasteiger partial charge in [-0.2, -0.15) is 4.98 Å². The average Bonchev–Trinajstić information content (AvgIpc) is 2.75. The van der Waals surface area contributed by atoms with E-state index in [9.17, 15) is 8.42 Å². The second-order valence-electron chi connectivity index (χ2n) is 5.27. The van der Waals surface area contributed by atoms with E-state index in [2.05, 4.69) is 10.1 Å². The fraction of sp³-hybridized carbons (Fsp3) is 0.833. The number of nitrogens with zero attached hydrogens (tertiary/aromatic N) is 2. The Labute approximate surface area is 114 Å². The first kappa shape index (κ1) is 16.1. The van der Waals surface area contributed by atoms with Gasteiger partial charge in [-0.1, -0.05) is 18.5 Å². The lowest BCUT2D eigenvalue weighted by atomic mass is 10.0. The van der Waals surface area contributed by atoms with Crippen LogP contribution in [0.15, 0.2) is 4.52 Å². The molecule has 1 aromatic heterocycles. The van der Waals surface area contributed by atoms with Crippen LogP contribution < -0.4 is 5.73 Å². The van der Waals surface area contributed by atoms with Crippen molar-refractivity contribution in [3.63, 3.8) is 0 Å². The second kappa shape index (κ2) is 6.47. The molecule has 0 aliphatic heterocycles. The lowest BCUT2D eigenvalue weighted by molar-refractivity contribution is 0.345. The van der Waals surface area contributed by atoms with Crippen LogP contribution in [0.5, 0.6) is 0 Å². The minimum absolute atomic E-state index is 0.117. The van der Waals surface area contributed by atoms with E-state index < -0.39 is 15.1 Å². The Hall–Kier alpha value is -0.950. The Kier molecular flexibility index (Phi) is 5.49. The molecule has 0 saturated heterocycles. The Bertz CT molecular complexity index is 496. The molecule has 0 saturated carbocycles. The number of rotatable bonds is 7. The van der Waals surface area contributed by atoms with Crippen LogP contribution in [-0.2, 0) is 9.84 Å². The molecule has 0 aliphatic rings. The van der Waals surface area contributed by atoms with E-state index in [1.165, 1.54) is 6.26 Å². The molecule has 6 nitrogen and oxygen atoms in total. The van der Waals surface area contributed by atoms with Crippen LogP contribution >= 0.6 is 0 Å². The summed E-state index contributed by atoms with van der Waals surface area (Å²) in [6.07, 6.45) is 4.00. The van der Waals surface area contributed by atoms with Gasteiger partial charge in [-0.25, -0.2) is 8.42 Å². The smallest absolute Gasteiger partial charge is 0.229 e. The van der Waals surface area contributed by atoms with Crippen LogP contribution in [-0.4, -0.2) is 30.9 Å². The largest absolute Gasteiger partial charge is 0.339 e. The molecule has 1 heterocycles. The van der Waals surface area contributed by atoms with Gasteiger partial charge in [-0.15, -0.1) is 0 Å². The second-order valence-corrected chi connectivity index (χ2v) is 7.64. The lowest BCUT2D eigenvalue weighted by Gasteiger charge is -2.08. The average molecular weight is 289 g/mol. The van der Waals surface area contributed by atoms with Crippen molar-refractivity contribution in [2.75, 3.05) is 6.26 Å². The van der Waals surface area contributed by atoms with E-state index in [4.69, 9.17) is 10.3 Å². The predicted molar refractivity (Wildman–Crippen MR) is 73.5 cm³/mol. The van der Waals surface area contributed by atoms with Crippen molar-refractivity contribution in [1.29, 1.82) is 0 Å². The van der Waals surface area contributed by atoms with Gasteiger partial charge in [-0.3, -0.25) is 0 Å². The molecule has 110 valence electrons. The van der Waals surface area contributed by atoms with Crippen molar-refractivity contribution in [3.05, 3.63) is 11.7 Å². The molecule has 7 heteroatoms. The SMILES string of the molecule is CC(N)CCCC(C)c1nc(C(C)S(C)(=O)=O)no1. The van der Waals surface area contributed by atoms with E-state index in [0.29, 0.717) is 5.89 Å². The molecular weight excluding hydrogens is 266 g/mol. The topological polar surface area (TPSA) is 99.1 Å². The lowest BCUT2D eigenvalue weighted by Crippen LogP contribution is -2.14. The van der Waals surface area contributed by atoms with Crippen LogP contribution in [0.3, 0.4) is 0 Å². The standard InChI is InChI=1S/C12H23N3O3S/c1-8(6-5-7-9(2)13)12-14-11(15-18-12)10(3)19(4,16)17/h8-10H,5-7,13H2,1-4H3. The van der Waals surface area contributed by atoms with Gasteiger partial charge in [0.1, 0.15) is 5.25 Å². The molecule has 0 radical (unpaired) electrons. The van der Waals surface area contributed by atoms with Crippen molar-refractivity contribution in [1.82, 2.24) is 10.1 Å². The zero-order valence-electron chi connectivity index (χ0n) is 12.0. The minimum Gasteiger partial charge on any atom is -0.339 e. The number of aromatic nitrogens is 2. The quantitative estimate of drug-likeness (QED) is 0.821. The highest BCUT2D eigenvalue weighted by Crippen LogP contribution is 2.23. The van der Waals surface area contributed by atoms with E-state index in [1.54, 1.807) is 6.92 Å². The van der Waals surface area contributed by atoms with Gasteiger partial charge < -0.3 is 10.3 Å². The van der Waals surface area contributed by atoms with E-state index in [1.807, 2.05) is 13.8 Å². The van der Waals surface area contributed by atoms with Crippen LogP contribution in [0.1, 0.15) is 62.9 Å². The zero-order valence-corrected chi connectivity index (χ0v) is 12.8. The van der Waals surface area contributed by atoms with Gasteiger partial charge in [0.05, 0.1) is 0 Å². The van der Waals surface area contributed by atoms with Crippen LogP contribution in [0.25, 0.3) is 0 Å². The number of nitrogens with two attached hydrogens (primary N) is 1. The maximum atomic E-state index is 11.4. The summed E-state index contributed by atoms with van der Waals surface area (Å²) in [5, 5.41) is 3.02. The van der Waals surface area contributed by atoms with Crippen molar-refractivity contribution >= 4 is 9.84 Å². The first-order valence-corrected chi connectivity index (χ1v) is 8.45. The molecule has 0 aromatic carbocycles. The molecule has 2 N–H and O–H groups in total. The summed E-state index contributed by atoms with van der Waals surface area (Å²) in [4.78, 5) is 4.19. The molecular formula is C12H23N3O3S. The third-order valence-corrected chi connectivity index (χ3v) is 4.68. The molecule has 3 unspecified atom stereocenters. The van der Waals surface area contributed by atoms with Gasteiger partial charge >= 0.3 is 0 Å². The van der Waals surface area contributed by atoms with Gasteiger partial charge in [0.25, 0.3) is 0 Å². The first-order chi connectivity index (χ1) is 8.71. The summed E-state index contributed by atoms with van der Waals surface area (Å²) in [6, 6.07) is 0.190. The highest BCUT2D eigenvalue weighted by atomic mass is 32.2. The molecule has 19 heavy (non-hydrogen) atoms. The zero-order chi connectivity index (χ0) is 14.6. The Morgan fingerprint density at radius 1 is 1.26 bits per heavy atom. The normalized spacial score (nSPS) is 17.1. The van der Waals surface area contributed by atoms with Gasteiger partial charge in [-0.05, 0) is 26.7 Å². The van der Waals surface area contributed by atoms with E-state index >= 15 is 0 Å². The Morgan fingerprint density at radius 2 is 1.89 bits per heavy atom. The van der Waals surface area contributed by atoms with Crippen molar-refractivity contribution < 1.29 is 12.9 Å². The predicted octanol–water partition coefficient (Wildman–Crippen LogP) is 1.80. The summed E-state index contributed by atoms with van der Waals surface area (Å²) in [6.45, 7) is 5.53. The molecule has 1 rings (SSSR count). The third-order valence-electron chi connectivity index (χ3n) is 3.18. The van der Waals surface area contributed by atoms with Gasteiger partial charge in [0.2, 0.25) is 5.89 Å². The van der Waals surface area contributed by atoms with Gasteiger partial charge in [0.15, 0.2) is 15.7 Å². The molecule has 0 bridgehead atoms. The summed E-state index contributed by atoms with van der Waals surface area (Å²) in [5.74, 6) is 0.846. The summed E-state index contributed by atoms with van der Waals surface area (Å²) >= 11 is 0. The summed E-state index contributed by atoms with van der Waals surface area (Å²) in [5.41, 5.74) is 5.69. The molecule has 0 aliphatic carbocycles. The molecule has 0 spiro atoms. The highest BCUT2D eigenvalue weighted by Gasteiger charge is 2.24. The number of sulfone groups is 1. The summed E-state index contributed by atoms with van der Waals surface area (Å²) in [7, 11) is -3.20. The van der Waals surface area contributed by atoms with Crippen LogP contribution in [0.4, 0.5) is 0 Å². The maximum Gasteiger partial charge on any atom is 0.229 e. The monoisotopic (exact) mass is 289 g/mol. The highest BCUT2D eigenvalue weighted by molar-refractivity contribution is 7.90. The molecule has 3 atom stereocenters. The first-order valence-electron chi connectivity index (χ1n) is 6.49. The van der Waals surface area contributed by atoms with Crippen LogP contribution in [0.2, 0.25) is 0 Å². The van der Waals surface area contributed by atoms with E-state index in [0.717, 1.165) is 19.3 Å². The summed E-state index contributed by atoms with van der Waals surface area (Å²) < 4.78 is 28.0. The van der Waals surface area contributed by atoms with Crippen LogP contribution in [0, 0.1) is 0 Å². The fourth-order valence-corrected chi connectivity index (χ4v) is 2.15. The Balaban J connectivity index is 2.64. The van der Waals surface area contributed by atoms with Crippen molar-refractivity contribution in [2.45, 2.75) is 57.2 Å². The van der Waals surface area contributed by atoms with Gasteiger partial charge in [0, 0.05) is 18.2 Å². The minimum atomic E-state index is -3.20. The maximum absolute atomic E-state index is 11.4.